The monoisotopic (exact) mass is 295 g/mol. The van der Waals surface area contributed by atoms with Crippen LogP contribution in [0.3, 0.4) is 0 Å². The molecule has 2 atom stereocenters. The average Bonchev–Trinajstić information content (AvgIpc) is 2.94. The lowest BCUT2D eigenvalue weighted by Crippen LogP contribution is -2.45. The standard InChI is InChI=1S/C16H29N3S/c1-4-15(17)16(14-7-10-20-12-14)19-8-5-13(6-9-19)11-18(2)3/h7,10,12-13,15-16H,4-6,8-9,11,17H2,1-3H3. The van der Waals surface area contributed by atoms with Gasteiger partial charge in [-0.15, -0.1) is 0 Å². The summed E-state index contributed by atoms with van der Waals surface area (Å²) in [5, 5.41) is 4.44. The van der Waals surface area contributed by atoms with Gasteiger partial charge in [-0.05, 0) is 74.8 Å². The van der Waals surface area contributed by atoms with Crippen molar-refractivity contribution in [1.82, 2.24) is 9.80 Å². The molecule has 0 aromatic carbocycles. The summed E-state index contributed by atoms with van der Waals surface area (Å²) >= 11 is 1.78. The zero-order valence-corrected chi connectivity index (χ0v) is 13.9. The molecule has 114 valence electrons. The Labute approximate surface area is 127 Å². The van der Waals surface area contributed by atoms with Crippen molar-refractivity contribution in [3.05, 3.63) is 22.4 Å². The zero-order chi connectivity index (χ0) is 14.5. The first-order valence-electron chi connectivity index (χ1n) is 7.78. The minimum atomic E-state index is 0.245. The predicted octanol–water partition coefficient (Wildman–Crippen LogP) is 2.80. The van der Waals surface area contributed by atoms with Crippen LogP contribution >= 0.6 is 11.3 Å². The molecule has 2 unspecified atom stereocenters. The molecule has 1 fully saturated rings. The number of nitrogens with two attached hydrogens (primary N) is 1. The second-order valence-corrected chi connectivity index (χ2v) is 7.10. The lowest BCUT2D eigenvalue weighted by molar-refractivity contribution is 0.104. The molecule has 1 aliphatic rings. The molecule has 1 aliphatic heterocycles. The summed E-state index contributed by atoms with van der Waals surface area (Å²) in [4.78, 5) is 4.93. The van der Waals surface area contributed by atoms with Crippen molar-refractivity contribution in [2.24, 2.45) is 11.7 Å². The molecule has 0 bridgehead atoms. The Morgan fingerprint density at radius 3 is 2.60 bits per heavy atom. The van der Waals surface area contributed by atoms with Crippen LogP contribution in [0.1, 0.15) is 37.8 Å². The molecule has 0 amide bonds. The highest BCUT2D eigenvalue weighted by molar-refractivity contribution is 7.07. The summed E-state index contributed by atoms with van der Waals surface area (Å²) in [7, 11) is 4.35. The molecule has 2 N–H and O–H groups in total. The largest absolute Gasteiger partial charge is 0.326 e. The van der Waals surface area contributed by atoms with E-state index < -0.39 is 0 Å². The molecule has 4 heteroatoms. The van der Waals surface area contributed by atoms with E-state index in [0.717, 1.165) is 12.3 Å². The number of piperidine rings is 1. The minimum Gasteiger partial charge on any atom is -0.326 e. The molecule has 2 heterocycles. The van der Waals surface area contributed by atoms with Crippen molar-refractivity contribution in [3.63, 3.8) is 0 Å². The summed E-state index contributed by atoms with van der Waals surface area (Å²) < 4.78 is 0. The number of nitrogens with zero attached hydrogens (tertiary/aromatic N) is 2. The second kappa shape index (κ2) is 7.55. The van der Waals surface area contributed by atoms with E-state index in [1.807, 2.05) is 0 Å². The first kappa shape index (κ1) is 16.0. The number of rotatable bonds is 6. The molecule has 1 saturated heterocycles. The summed E-state index contributed by atoms with van der Waals surface area (Å²) in [6.07, 6.45) is 3.64. The maximum absolute atomic E-state index is 6.41. The Hall–Kier alpha value is -0.420. The highest BCUT2D eigenvalue weighted by Gasteiger charge is 2.29. The Kier molecular flexibility index (Phi) is 6.02. The second-order valence-electron chi connectivity index (χ2n) is 6.32. The smallest absolute Gasteiger partial charge is 0.0507 e. The highest BCUT2D eigenvalue weighted by Crippen LogP contribution is 2.31. The third-order valence-electron chi connectivity index (χ3n) is 4.43. The van der Waals surface area contributed by atoms with Crippen molar-refractivity contribution >= 4 is 11.3 Å². The molecule has 1 aromatic heterocycles. The van der Waals surface area contributed by atoms with Crippen molar-refractivity contribution in [2.45, 2.75) is 38.3 Å². The van der Waals surface area contributed by atoms with Crippen LogP contribution in [-0.4, -0.2) is 49.6 Å². The lowest BCUT2D eigenvalue weighted by Gasteiger charge is -2.40. The van der Waals surface area contributed by atoms with Crippen LogP contribution in [0.2, 0.25) is 0 Å². The van der Waals surface area contributed by atoms with Gasteiger partial charge >= 0.3 is 0 Å². The third-order valence-corrected chi connectivity index (χ3v) is 5.13. The maximum atomic E-state index is 6.41. The fraction of sp³-hybridized carbons (Fsp3) is 0.750. The van der Waals surface area contributed by atoms with Crippen molar-refractivity contribution in [2.75, 3.05) is 33.7 Å². The SMILES string of the molecule is CCC(N)C(c1ccsc1)N1CCC(CN(C)C)CC1. The first-order valence-corrected chi connectivity index (χ1v) is 8.72. The first-order chi connectivity index (χ1) is 9.61. The Morgan fingerprint density at radius 1 is 1.40 bits per heavy atom. The predicted molar refractivity (Wildman–Crippen MR) is 88.2 cm³/mol. The van der Waals surface area contributed by atoms with Crippen LogP contribution in [-0.2, 0) is 0 Å². The van der Waals surface area contributed by atoms with E-state index in [4.69, 9.17) is 5.73 Å². The van der Waals surface area contributed by atoms with Gasteiger partial charge in [-0.2, -0.15) is 11.3 Å². The zero-order valence-electron chi connectivity index (χ0n) is 13.1. The third kappa shape index (κ3) is 4.04. The van der Waals surface area contributed by atoms with E-state index in [1.165, 1.54) is 38.0 Å². The fourth-order valence-electron chi connectivity index (χ4n) is 3.33. The van der Waals surface area contributed by atoms with Gasteiger partial charge in [-0.25, -0.2) is 0 Å². The minimum absolute atomic E-state index is 0.245. The van der Waals surface area contributed by atoms with Gasteiger partial charge in [0.25, 0.3) is 0 Å². The van der Waals surface area contributed by atoms with Crippen LogP contribution in [0.15, 0.2) is 16.8 Å². The Bertz CT molecular complexity index is 369. The van der Waals surface area contributed by atoms with Crippen molar-refractivity contribution < 1.29 is 0 Å². The van der Waals surface area contributed by atoms with Gasteiger partial charge in [0.05, 0.1) is 6.04 Å². The van der Waals surface area contributed by atoms with Crippen LogP contribution in [0.5, 0.6) is 0 Å². The van der Waals surface area contributed by atoms with Gasteiger partial charge in [0.1, 0.15) is 0 Å². The Morgan fingerprint density at radius 2 is 2.10 bits per heavy atom. The summed E-state index contributed by atoms with van der Waals surface area (Å²) in [5.41, 5.74) is 7.82. The van der Waals surface area contributed by atoms with E-state index in [0.29, 0.717) is 6.04 Å². The molecular formula is C16H29N3S. The maximum Gasteiger partial charge on any atom is 0.0507 e. The van der Waals surface area contributed by atoms with Gasteiger partial charge in [-0.1, -0.05) is 6.92 Å². The van der Waals surface area contributed by atoms with Gasteiger partial charge in [-0.3, -0.25) is 4.90 Å². The quantitative estimate of drug-likeness (QED) is 0.876. The number of thiophene rings is 1. The van der Waals surface area contributed by atoms with E-state index in [2.05, 4.69) is 47.6 Å². The van der Waals surface area contributed by atoms with E-state index in [1.54, 1.807) is 11.3 Å². The summed E-state index contributed by atoms with van der Waals surface area (Å²) in [6, 6.07) is 2.90. The molecular weight excluding hydrogens is 266 g/mol. The molecule has 0 spiro atoms. The normalized spacial score (nSPS) is 21.2. The van der Waals surface area contributed by atoms with E-state index in [9.17, 15) is 0 Å². The molecule has 3 nitrogen and oxygen atoms in total. The van der Waals surface area contributed by atoms with Crippen molar-refractivity contribution in [3.8, 4) is 0 Å². The van der Waals surface area contributed by atoms with Crippen LogP contribution < -0.4 is 5.73 Å². The number of likely N-dealkylation sites (tertiary alicyclic amines) is 1. The molecule has 0 radical (unpaired) electrons. The summed E-state index contributed by atoms with van der Waals surface area (Å²) in [5.74, 6) is 0.849. The van der Waals surface area contributed by atoms with Crippen LogP contribution in [0.25, 0.3) is 0 Å². The number of hydrogen-bond donors (Lipinski definition) is 1. The lowest BCUT2D eigenvalue weighted by atomic mass is 9.91. The van der Waals surface area contributed by atoms with Gasteiger partial charge < -0.3 is 10.6 Å². The van der Waals surface area contributed by atoms with Crippen LogP contribution in [0.4, 0.5) is 0 Å². The molecule has 20 heavy (non-hydrogen) atoms. The van der Waals surface area contributed by atoms with Crippen LogP contribution in [0, 0.1) is 5.92 Å². The molecule has 0 aliphatic carbocycles. The summed E-state index contributed by atoms with van der Waals surface area (Å²) in [6.45, 7) is 5.79. The highest BCUT2D eigenvalue weighted by atomic mass is 32.1. The Balaban J connectivity index is 1.98. The topological polar surface area (TPSA) is 32.5 Å². The molecule has 1 aromatic rings. The van der Waals surface area contributed by atoms with Gasteiger partial charge in [0, 0.05) is 12.6 Å². The van der Waals surface area contributed by atoms with E-state index in [-0.39, 0.29) is 6.04 Å². The molecule has 0 saturated carbocycles. The number of hydrogen-bond acceptors (Lipinski definition) is 4. The van der Waals surface area contributed by atoms with E-state index >= 15 is 0 Å². The molecule has 2 rings (SSSR count). The van der Waals surface area contributed by atoms with Crippen molar-refractivity contribution in [1.29, 1.82) is 0 Å². The van der Waals surface area contributed by atoms with Gasteiger partial charge in [0.2, 0.25) is 0 Å². The average molecular weight is 295 g/mol. The van der Waals surface area contributed by atoms with Gasteiger partial charge in [0.15, 0.2) is 0 Å². The fourth-order valence-corrected chi connectivity index (χ4v) is 4.01.